The van der Waals surface area contributed by atoms with Crippen LogP contribution in [0.3, 0.4) is 0 Å². The lowest BCUT2D eigenvalue weighted by atomic mass is 10.2. The van der Waals surface area contributed by atoms with Crippen molar-refractivity contribution in [3.63, 3.8) is 0 Å². The van der Waals surface area contributed by atoms with Crippen LogP contribution >= 0.6 is 22.6 Å². The van der Waals surface area contributed by atoms with Crippen molar-refractivity contribution in [2.75, 3.05) is 13.1 Å². The summed E-state index contributed by atoms with van der Waals surface area (Å²) in [5.41, 5.74) is 2.06. The van der Waals surface area contributed by atoms with Gasteiger partial charge in [0.15, 0.2) is 0 Å². The summed E-state index contributed by atoms with van der Waals surface area (Å²) < 4.78 is 1.14. The van der Waals surface area contributed by atoms with E-state index in [-0.39, 0.29) is 11.9 Å². The zero-order chi connectivity index (χ0) is 15.4. The van der Waals surface area contributed by atoms with Crippen LogP contribution in [0.15, 0.2) is 54.6 Å². The third-order valence-electron chi connectivity index (χ3n) is 3.96. The van der Waals surface area contributed by atoms with Gasteiger partial charge in [-0.2, -0.15) is 0 Å². The van der Waals surface area contributed by atoms with E-state index >= 15 is 0 Å². The molecule has 1 aliphatic rings. The van der Waals surface area contributed by atoms with Gasteiger partial charge in [-0.1, -0.05) is 30.3 Å². The Balaban J connectivity index is 1.52. The standard InChI is InChI=1S/C18H19IN2O/c19-16-8-6-15(7-9-16)18(22)20-17-10-11-21(13-17)12-14-4-2-1-3-5-14/h1-9,17H,10-13H2,(H,20,22)/t17-/m0/s1. The van der Waals surface area contributed by atoms with Crippen LogP contribution in [-0.2, 0) is 6.54 Å². The van der Waals surface area contributed by atoms with Crippen molar-refractivity contribution in [1.82, 2.24) is 10.2 Å². The summed E-state index contributed by atoms with van der Waals surface area (Å²) in [4.78, 5) is 14.6. The largest absolute Gasteiger partial charge is 0.348 e. The van der Waals surface area contributed by atoms with E-state index in [0.29, 0.717) is 0 Å². The summed E-state index contributed by atoms with van der Waals surface area (Å²) in [6.45, 7) is 2.91. The molecule has 2 aromatic rings. The lowest BCUT2D eigenvalue weighted by molar-refractivity contribution is 0.0937. The monoisotopic (exact) mass is 406 g/mol. The lowest BCUT2D eigenvalue weighted by Gasteiger charge is -2.17. The van der Waals surface area contributed by atoms with Gasteiger partial charge in [0.05, 0.1) is 0 Å². The Labute approximate surface area is 144 Å². The Hall–Kier alpha value is -1.40. The number of amides is 1. The number of hydrogen-bond acceptors (Lipinski definition) is 2. The minimum Gasteiger partial charge on any atom is -0.348 e. The van der Waals surface area contributed by atoms with Gasteiger partial charge in [0.2, 0.25) is 0 Å². The summed E-state index contributed by atoms with van der Waals surface area (Å²) in [5, 5.41) is 3.15. The number of hydrogen-bond donors (Lipinski definition) is 1. The maximum absolute atomic E-state index is 12.2. The van der Waals surface area contributed by atoms with E-state index in [2.05, 4.69) is 57.1 Å². The highest BCUT2D eigenvalue weighted by Gasteiger charge is 2.24. The summed E-state index contributed by atoms with van der Waals surface area (Å²) in [7, 11) is 0. The summed E-state index contributed by atoms with van der Waals surface area (Å²) in [6.07, 6.45) is 1.02. The normalized spacial score (nSPS) is 18.3. The van der Waals surface area contributed by atoms with E-state index in [9.17, 15) is 4.79 Å². The number of carbonyl (C=O) groups excluding carboxylic acids is 1. The number of likely N-dealkylation sites (tertiary alicyclic amines) is 1. The molecule has 1 saturated heterocycles. The molecular formula is C18H19IN2O. The quantitative estimate of drug-likeness (QED) is 0.791. The van der Waals surface area contributed by atoms with Crippen LogP contribution in [0, 0.1) is 3.57 Å². The number of benzene rings is 2. The molecule has 4 heteroatoms. The molecule has 0 aromatic heterocycles. The Morgan fingerprint density at radius 3 is 2.59 bits per heavy atom. The predicted octanol–water partition coefficient (Wildman–Crippen LogP) is 3.30. The van der Waals surface area contributed by atoms with Gasteiger partial charge in [0.25, 0.3) is 5.91 Å². The van der Waals surface area contributed by atoms with Gasteiger partial charge in [-0.15, -0.1) is 0 Å². The molecule has 114 valence electrons. The van der Waals surface area contributed by atoms with Crippen molar-refractivity contribution in [2.45, 2.75) is 19.0 Å². The van der Waals surface area contributed by atoms with Gasteiger partial charge < -0.3 is 5.32 Å². The number of halogens is 1. The Morgan fingerprint density at radius 2 is 1.86 bits per heavy atom. The third kappa shape index (κ3) is 4.08. The minimum atomic E-state index is 0.0305. The van der Waals surface area contributed by atoms with Crippen LogP contribution in [0.4, 0.5) is 0 Å². The maximum Gasteiger partial charge on any atom is 0.251 e. The first-order chi connectivity index (χ1) is 10.7. The van der Waals surface area contributed by atoms with E-state index in [1.54, 1.807) is 0 Å². The first kappa shape index (κ1) is 15.5. The highest BCUT2D eigenvalue weighted by atomic mass is 127. The van der Waals surface area contributed by atoms with Crippen molar-refractivity contribution in [1.29, 1.82) is 0 Å². The fourth-order valence-corrected chi connectivity index (χ4v) is 3.17. The second-order valence-corrected chi connectivity index (χ2v) is 6.93. The molecule has 0 spiro atoms. The van der Waals surface area contributed by atoms with E-state index in [0.717, 1.165) is 35.2 Å². The molecule has 0 aliphatic carbocycles. The molecule has 3 rings (SSSR count). The molecule has 0 unspecified atom stereocenters. The Bertz CT molecular complexity index is 627. The van der Waals surface area contributed by atoms with E-state index in [1.165, 1.54) is 5.56 Å². The predicted molar refractivity (Wildman–Crippen MR) is 96.7 cm³/mol. The molecule has 1 atom stereocenters. The molecule has 0 saturated carbocycles. The van der Waals surface area contributed by atoms with E-state index in [1.807, 2.05) is 30.3 Å². The van der Waals surface area contributed by atoms with Gasteiger partial charge in [-0.3, -0.25) is 9.69 Å². The van der Waals surface area contributed by atoms with Crippen molar-refractivity contribution in [3.8, 4) is 0 Å². The molecule has 3 nitrogen and oxygen atoms in total. The van der Waals surface area contributed by atoms with Gasteiger partial charge in [-0.25, -0.2) is 0 Å². The van der Waals surface area contributed by atoms with Crippen molar-refractivity contribution >= 4 is 28.5 Å². The number of rotatable bonds is 4. The van der Waals surface area contributed by atoms with Crippen LogP contribution in [-0.4, -0.2) is 29.9 Å². The Morgan fingerprint density at radius 1 is 1.14 bits per heavy atom. The highest BCUT2D eigenvalue weighted by Crippen LogP contribution is 2.14. The first-order valence-corrected chi connectivity index (χ1v) is 8.61. The number of carbonyl (C=O) groups is 1. The van der Waals surface area contributed by atoms with Crippen molar-refractivity contribution in [3.05, 3.63) is 69.3 Å². The molecular weight excluding hydrogens is 387 g/mol. The molecule has 1 aliphatic heterocycles. The van der Waals surface area contributed by atoms with E-state index < -0.39 is 0 Å². The average Bonchev–Trinajstić information content (AvgIpc) is 2.96. The second-order valence-electron chi connectivity index (χ2n) is 5.69. The third-order valence-corrected chi connectivity index (χ3v) is 4.68. The SMILES string of the molecule is O=C(N[C@H]1CCN(Cc2ccccc2)C1)c1ccc(I)cc1. The Kier molecular flexibility index (Phi) is 5.10. The van der Waals surface area contributed by atoms with Crippen molar-refractivity contribution < 1.29 is 4.79 Å². The number of nitrogens with zero attached hydrogens (tertiary/aromatic N) is 1. The molecule has 1 fully saturated rings. The molecule has 0 radical (unpaired) electrons. The van der Waals surface area contributed by atoms with Crippen LogP contribution in [0.1, 0.15) is 22.3 Å². The molecule has 22 heavy (non-hydrogen) atoms. The minimum absolute atomic E-state index is 0.0305. The van der Waals surface area contributed by atoms with Gasteiger partial charge in [0, 0.05) is 34.8 Å². The molecule has 1 heterocycles. The van der Waals surface area contributed by atoms with Gasteiger partial charge in [0.1, 0.15) is 0 Å². The smallest absolute Gasteiger partial charge is 0.251 e. The van der Waals surface area contributed by atoms with Crippen LogP contribution in [0.5, 0.6) is 0 Å². The average molecular weight is 406 g/mol. The first-order valence-electron chi connectivity index (χ1n) is 7.53. The van der Waals surface area contributed by atoms with Crippen molar-refractivity contribution in [2.24, 2.45) is 0 Å². The zero-order valence-electron chi connectivity index (χ0n) is 12.3. The molecule has 2 aromatic carbocycles. The highest BCUT2D eigenvalue weighted by molar-refractivity contribution is 14.1. The molecule has 0 bridgehead atoms. The maximum atomic E-state index is 12.2. The molecule has 1 N–H and O–H groups in total. The van der Waals surface area contributed by atoms with Crippen LogP contribution < -0.4 is 5.32 Å². The van der Waals surface area contributed by atoms with Crippen LogP contribution in [0.2, 0.25) is 0 Å². The fraction of sp³-hybridized carbons (Fsp3) is 0.278. The summed E-state index contributed by atoms with van der Waals surface area (Å²) >= 11 is 2.24. The zero-order valence-corrected chi connectivity index (χ0v) is 14.5. The summed E-state index contributed by atoms with van der Waals surface area (Å²) in [6, 6.07) is 18.4. The van der Waals surface area contributed by atoms with Crippen LogP contribution in [0.25, 0.3) is 0 Å². The summed E-state index contributed by atoms with van der Waals surface area (Å²) in [5.74, 6) is 0.0305. The lowest BCUT2D eigenvalue weighted by Crippen LogP contribution is -2.36. The van der Waals surface area contributed by atoms with Gasteiger partial charge >= 0.3 is 0 Å². The topological polar surface area (TPSA) is 32.3 Å². The number of nitrogens with one attached hydrogen (secondary N) is 1. The fourth-order valence-electron chi connectivity index (χ4n) is 2.81. The van der Waals surface area contributed by atoms with E-state index in [4.69, 9.17) is 0 Å². The van der Waals surface area contributed by atoms with Gasteiger partial charge in [-0.05, 0) is 58.8 Å². The second kappa shape index (κ2) is 7.24. The molecule has 1 amide bonds.